The third-order valence-corrected chi connectivity index (χ3v) is 4.49. The van der Waals surface area contributed by atoms with E-state index in [1.165, 1.54) is 18.5 Å². The van der Waals surface area contributed by atoms with Gasteiger partial charge in [0.15, 0.2) is 0 Å². The van der Waals surface area contributed by atoms with Crippen LogP contribution in [0.15, 0.2) is 29.0 Å². The van der Waals surface area contributed by atoms with Gasteiger partial charge in [0.2, 0.25) is 0 Å². The van der Waals surface area contributed by atoms with Crippen LogP contribution < -0.4 is 10.6 Å². The van der Waals surface area contributed by atoms with Gasteiger partial charge in [-0.25, -0.2) is 0 Å². The Balaban J connectivity index is 1.84. The molecule has 2 aromatic heterocycles. The molecule has 0 aliphatic carbocycles. The molecular formula is C15H19BrN4. The highest BCUT2D eigenvalue weighted by Crippen LogP contribution is 2.29. The van der Waals surface area contributed by atoms with E-state index in [2.05, 4.69) is 36.9 Å². The number of aromatic nitrogens is 2. The summed E-state index contributed by atoms with van der Waals surface area (Å²) in [5.74, 6) is 0.784. The fraction of sp³-hybridized carbons (Fsp3) is 0.467. The Labute approximate surface area is 127 Å². The van der Waals surface area contributed by atoms with Gasteiger partial charge in [0, 0.05) is 30.0 Å². The SMILES string of the molecule is NCCC1CCN(c2ccnc3cc(Br)cnc23)CC1. The molecule has 0 spiro atoms. The molecular weight excluding hydrogens is 316 g/mol. The number of fused-ring (bicyclic) bond motifs is 1. The fourth-order valence-electron chi connectivity index (χ4n) is 2.94. The normalized spacial score (nSPS) is 16.8. The van der Waals surface area contributed by atoms with Gasteiger partial charge < -0.3 is 10.6 Å². The zero-order valence-electron chi connectivity index (χ0n) is 11.4. The van der Waals surface area contributed by atoms with Gasteiger partial charge in [-0.1, -0.05) is 0 Å². The number of rotatable bonds is 3. The Hall–Kier alpha value is -1.20. The molecule has 0 amide bonds. The Morgan fingerprint density at radius 3 is 2.85 bits per heavy atom. The highest BCUT2D eigenvalue weighted by molar-refractivity contribution is 9.10. The van der Waals surface area contributed by atoms with E-state index in [0.717, 1.165) is 47.5 Å². The second-order valence-corrected chi connectivity index (χ2v) is 6.27. The monoisotopic (exact) mass is 334 g/mol. The van der Waals surface area contributed by atoms with E-state index in [-0.39, 0.29) is 0 Å². The van der Waals surface area contributed by atoms with Crippen molar-refractivity contribution in [2.45, 2.75) is 19.3 Å². The average molecular weight is 335 g/mol. The summed E-state index contributed by atoms with van der Waals surface area (Å²) in [4.78, 5) is 11.4. The van der Waals surface area contributed by atoms with Crippen LogP contribution in [0.25, 0.3) is 11.0 Å². The summed E-state index contributed by atoms with van der Waals surface area (Å²) in [7, 11) is 0. The molecule has 0 unspecified atom stereocenters. The molecule has 4 nitrogen and oxygen atoms in total. The molecule has 1 aliphatic rings. The molecule has 0 radical (unpaired) electrons. The quantitative estimate of drug-likeness (QED) is 0.937. The molecule has 2 aromatic rings. The van der Waals surface area contributed by atoms with Gasteiger partial charge in [-0.15, -0.1) is 0 Å². The van der Waals surface area contributed by atoms with Gasteiger partial charge >= 0.3 is 0 Å². The van der Waals surface area contributed by atoms with E-state index in [1.807, 2.05) is 18.5 Å². The van der Waals surface area contributed by atoms with Crippen molar-refractivity contribution in [3.05, 3.63) is 29.0 Å². The Morgan fingerprint density at radius 2 is 2.10 bits per heavy atom. The summed E-state index contributed by atoms with van der Waals surface area (Å²) in [5.41, 5.74) is 8.80. The van der Waals surface area contributed by atoms with Crippen molar-refractivity contribution in [1.82, 2.24) is 9.97 Å². The van der Waals surface area contributed by atoms with Crippen molar-refractivity contribution in [1.29, 1.82) is 0 Å². The van der Waals surface area contributed by atoms with E-state index >= 15 is 0 Å². The van der Waals surface area contributed by atoms with Crippen LogP contribution in [0.5, 0.6) is 0 Å². The van der Waals surface area contributed by atoms with E-state index in [9.17, 15) is 0 Å². The predicted octanol–water partition coefficient (Wildman–Crippen LogP) is 2.96. The molecule has 1 saturated heterocycles. The second-order valence-electron chi connectivity index (χ2n) is 5.36. The average Bonchev–Trinajstić information content (AvgIpc) is 2.47. The van der Waals surface area contributed by atoms with Gasteiger partial charge in [0.05, 0.1) is 11.2 Å². The van der Waals surface area contributed by atoms with Crippen molar-refractivity contribution >= 4 is 32.7 Å². The van der Waals surface area contributed by atoms with Crippen LogP contribution in [-0.4, -0.2) is 29.6 Å². The molecule has 3 rings (SSSR count). The van der Waals surface area contributed by atoms with Gasteiger partial charge in [-0.3, -0.25) is 9.97 Å². The third kappa shape index (κ3) is 2.79. The van der Waals surface area contributed by atoms with Crippen molar-refractivity contribution in [2.24, 2.45) is 11.7 Å². The standard InChI is InChI=1S/C15H19BrN4/c16-12-9-13-15(19-10-12)14(2-6-18-13)20-7-3-11(1-5-17)4-8-20/h2,6,9-11H,1,3-5,7-8,17H2. The summed E-state index contributed by atoms with van der Waals surface area (Å²) >= 11 is 3.45. The number of hydrogen-bond acceptors (Lipinski definition) is 4. The Bertz CT molecular complexity index is 593. The maximum absolute atomic E-state index is 5.66. The molecule has 0 atom stereocenters. The zero-order valence-corrected chi connectivity index (χ0v) is 13.0. The highest BCUT2D eigenvalue weighted by Gasteiger charge is 2.20. The van der Waals surface area contributed by atoms with Crippen LogP contribution in [0.2, 0.25) is 0 Å². The number of anilines is 1. The van der Waals surface area contributed by atoms with Crippen molar-refractivity contribution in [3.8, 4) is 0 Å². The smallest absolute Gasteiger partial charge is 0.112 e. The molecule has 0 bridgehead atoms. The summed E-state index contributed by atoms with van der Waals surface area (Å²) in [6.45, 7) is 2.97. The molecule has 0 aromatic carbocycles. The topological polar surface area (TPSA) is 55.0 Å². The van der Waals surface area contributed by atoms with Gasteiger partial charge in [0.25, 0.3) is 0 Å². The van der Waals surface area contributed by atoms with E-state index in [1.54, 1.807) is 0 Å². The van der Waals surface area contributed by atoms with Gasteiger partial charge in [-0.2, -0.15) is 0 Å². The first-order valence-corrected chi connectivity index (χ1v) is 7.92. The lowest BCUT2D eigenvalue weighted by atomic mass is 9.93. The van der Waals surface area contributed by atoms with Crippen LogP contribution in [-0.2, 0) is 0 Å². The van der Waals surface area contributed by atoms with Gasteiger partial charge in [-0.05, 0) is 59.8 Å². The maximum Gasteiger partial charge on any atom is 0.112 e. The molecule has 1 aliphatic heterocycles. The first kappa shape index (κ1) is 13.8. The molecule has 2 N–H and O–H groups in total. The lowest BCUT2D eigenvalue weighted by molar-refractivity contribution is 0.386. The van der Waals surface area contributed by atoms with Crippen molar-refractivity contribution in [3.63, 3.8) is 0 Å². The molecule has 5 heteroatoms. The number of hydrogen-bond donors (Lipinski definition) is 1. The highest BCUT2D eigenvalue weighted by atomic mass is 79.9. The van der Waals surface area contributed by atoms with E-state index < -0.39 is 0 Å². The molecule has 1 fully saturated rings. The molecule has 20 heavy (non-hydrogen) atoms. The number of piperidine rings is 1. The minimum absolute atomic E-state index is 0.784. The summed E-state index contributed by atoms with van der Waals surface area (Å²) in [6.07, 6.45) is 7.30. The Kier molecular flexibility index (Phi) is 4.17. The summed E-state index contributed by atoms with van der Waals surface area (Å²) in [5, 5.41) is 0. The molecule has 0 saturated carbocycles. The van der Waals surface area contributed by atoms with Crippen molar-refractivity contribution < 1.29 is 0 Å². The largest absolute Gasteiger partial charge is 0.370 e. The van der Waals surface area contributed by atoms with E-state index in [0.29, 0.717) is 0 Å². The first-order valence-electron chi connectivity index (χ1n) is 7.13. The minimum Gasteiger partial charge on any atom is -0.370 e. The minimum atomic E-state index is 0.784. The number of nitrogens with zero attached hydrogens (tertiary/aromatic N) is 3. The zero-order chi connectivity index (χ0) is 13.9. The van der Waals surface area contributed by atoms with E-state index in [4.69, 9.17) is 5.73 Å². The first-order chi connectivity index (χ1) is 9.78. The lowest BCUT2D eigenvalue weighted by Crippen LogP contribution is -2.34. The third-order valence-electron chi connectivity index (χ3n) is 4.05. The van der Waals surface area contributed by atoms with Crippen LogP contribution >= 0.6 is 15.9 Å². The number of nitrogens with two attached hydrogens (primary N) is 1. The maximum atomic E-state index is 5.66. The lowest BCUT2D eigenvalue weighted by Gasteiger charge is -2.33. The van der Waals surface area contributed by atoms with Crippen molar-refractivity contribution in [2.75, 3.05) is 24.5 Å². The fourth-order valence-corrected chi connectivity index (χ4v) is 3.26. The second kappa shape index (κ2) is 6.06. The Morgan fingerprint density at radius 1 is 1.30 bits per heavy atom. The van der Waals surface area contributed by atoms with Crippen LogP contribution in [0.4, 0.5) is 5.69 Å². The van der Waals surface area contributed by atoms with Crippen LogP contribution in [0.3, 0.4) is 0 Å². The van der Waals surface area contributed by atoms with Gasteiger partial charge in [0.1, 0.15) is 5.52 Å². The number of halogens is 1. The summed E-state index contributed by atoms with van der Waals surface area (Å²) in [6, 6.07) is 4.10. The summed E-state index contributed by atoms with van der Waals surface area (Å²) < 4.78 is 0.969. The number of pyridine rings is 2. The predicted molar refractivity (Wildman–Crippen MR) is 85.8 cm³/mol. The molecule has 106 valence electrons. The van der Waals surface area contributed by atoms with Crippen LogP contribution in [0, 0.1) is 5.92 Å². The molecule has 3 heterocycles. The van der Waals surface area contributed by atoms with Crippen LogP contribution in [0.1, 0.15) is 19.3 Å².